The summed E-state index contributed by atoms with van der Waals surface area (Å²) in [5.74, 6) is 1.17. The minimum Gasteiger partial charge on any atom is -0.383 e. The SMILES string of the molecule is Nc1ncccc1-c1nc2ccc(-c3ccc(F)cc3)nc2n1-c1ccc(CCl)cc1. The van der Waals surface area contributed by atoms with Crippen LogP contribution < -0.4 is 5.73 Å². The molecule has 0 atom stereocenters. The van der Waals surface area contributed by atoms with Crippen LogP contribution in [0.4, 0.5) is 10.2 Å². The molecule has 0 radical (unpaired) electrons. The monoisotopic (exact) mass is 429 g/mol. The Kier molecular flexibility index (Phi) is 4.84. The van der Waals surface area contributed by atoms with Crippen molar-refractivity contribution in [3.63, 3.8) is 0 Å². The van der Waals surface area contributed by atoms with E-state index in [2.05, 4.69) is 4.98 Å². The zero-order valence-electron chi connectivity index (χ0n) is 16.3. The molecule has 0 bridgehead atoms. The van der Waals surface area contributed by atoms with Gasteiger partial charge in [0.1, 0.15) is 17.2 Å². The first kappa shape index (κ1) is 19.2. The highest BCUT2D eigenvalue weighted by molar-refractivity contribution is 6.17. The van der Waals surface area contributed by atoms with Crippen LogP contribution in [0, 0.1) is 5.82 Å². The van der Waals surface area contributed by atoms with Crippen LogP contribution in [0.1, 0.15) is 5.56 Å². The summed E-state index contributed by atoms with van der Waals surface area (Å²) in [6.07, 6.45) is 1.64. The van der Waals surface area contributed by atoms with E-state index in [0.29, 0.717) is 34.2 Å². The fraction of sp³-hybridized carbons (Fsp3) is 0.0417. The molecule has 0 unspecified atom stereocenters. The molecule has 0 spiro atoms. The minimum absolute atomic E-state index is 0.288. The van der Waals surface area contributed by atoms with Crippen LogP contribution in [-0.2, 0) is 5.88 Å². The second kappa shape index (κ2) is 7.81. The van der Waals surface area contributed by atoms with E-state index in [4.69, 9.17) is 27.3 Å². The van der Waals surface area contributed by atoms with Crippen molar-refractivity contribution in [2.45, 2.75) is 5.88 Å². The van der Waals surface area contributed by atoms with E-state index in [1.54, 1.807) is 18.3 Å². The molecule has 0 aliphatic carbocycles. The highest BCUT2D eigenvalue weighted by Crippen LogP contribution is 2.31. The average Bonchev–Trinajstić information content (AvgIpc) is 3.18. The third kappa shape index (κ3) is 3.51. The third-order valence-corrected chi connectivity index (χ3v) is 5.38. The van der Waals surface area contributed by atoms with Crippen molar-refractivity contribution in [2.75, 3.05) is 5.73 Å². The van der Waals surface area contributed by atoms with Gasteiger partial charge in [0.05, 0.1) is 11.3 Å². The van der Waals surface area contributed by atoms with E-state index in [0.717, 1.165) is 22.5 Å². The molecule has 152 valence electrons. The molecule has 0 amide bonds. The maximum atomic E-state index is 13.4. The molecule has 0 aliphatic heterocycles. The summed E-state index contributed by atoms with van der Waals surface area (Å²) < 4.78 is 15.3. The summed E-state index contributed by atoms with van der Waals surface area (Å²) in [6.45, 7) is 0. The summed E-state index contributed by atoms with van der Waals surface area (Å²) in [6, 6.07) is 21.6. The Labute approximate surface area is 183 Å². The van der Waals surface area contributed by atoms with Crippen LogP contribution in [0.25, 0.3) is 39.5 Å². The van der Waals surface area contributed by atoms with Gasteiger partial charge in [0.25, 0.3) is 0 Å². The van der Waals surface area contributed by atoms with E-state index >= 15 is 0 Å². The van der Waals surface area contributed by atoms with Crippen molar-refractivity contribution in [2.24, 2.45) is 0 Å². The molecule has 0 aliphatic rings. The van der Waals surface area contributed by atoms with E-state index in [9.17, 15) is 4.39 Å². The predicted octanol–water partition coefficient (Wildman–Crippen LogP) is 5.61. The average molecular weight is 430 g/mol. The number of nitrogen functional groups attached to an aromatic ring is 1. The Morgan fingerprint density at radius 1 is 0.903 bits per heavy atom. The highest BCUT2D eigenvalue weighted by Gasteiger charge is 2.18. The number of imidazole rings is 1. The number of nitrogens with two attached hydrogens (primary N) is 1. The first-order valence-electron chi connectivity index (χ1n) is 9.65. The van der Waals surface area contributed by atoms with Gasteiger partial charge in [-0.15, -0.1) is 11.6 Å². The van der Waals surface area contributed by atoms with Crippen LogP contribution in [-0.4, -0.2) is 19.5 Å². The van der Waals surface area contributed by atoms with Gasteiger partial charge in [-0.1, -0.05) is 12.1 Å². The van der Waals surface area contributed by atoms with E-state index < -0.39 is 0 Å². The first-order valence-corrected chi connectivity index (χ1v) is 10.2. The Morgan fingerprint density at radius 3 is 2.39 bits per heavy atom. The maximum absolute atomic E-state index is 13.4. The molecule has 0 saturated heterocycles. The maximum Gasteiger partial charge on any atom is 0.165 e. The number of hydrogen-bond acceptors (Lipinski definition) is 4. The molecule has 3 heterocycles. The summed E-state index contributed by atoms with van der Waals surface area (Å²) in [5, 5.41) is 0. The Bertz CT molecular complexity index is 1380. The Hall–Kier alpha value is -3.77. The summed E-state index contributed by atoms with van der Waals surface area (Å²) >= 11 is 5.96. The molecule has 7 heteroatoms. The van der Waals surface area contributed by atoms with Crippen molar-refractivity contribution in [3.8, 4) is 28.3 Å². The third-order valence-electron chi connectivity index (χ3n) is 5.07. The fourth-order valence-corrected chi connectivity index (χ4v) is 3.68. The number of pyridine rings is 2. The number of anilines is 1. The number of fused-ring (bicyclic) bond motifs is 1. The largest absolute Gasteiger partial charge is 0.383 e. The lowest BCUT2D eigenvalue weighted by Crippen LogP contribution is -2.02. The van der Waals surface area contributed by atoms with Gasteiger partial charge in [0.2, 0.25) is 0 Å². The molecular weight excluding hydrogens is 413 g/mol. The highest BCUT2D eigenvalue weighted by atomic mass is 35.5. The zero-order chi connectivity index (χ0) is 21.4. The van der Waals surface area contributed by atoms with Crippen LogP contribution in [0.5, 0.6) is 0 Å². The van der Waals surface area contributed by atoms with Gasteiger partial charge in [0.15, 0.2) is 11.5 Å². The number of hydrogen-bond donors (Lipinski definition) is 1. The van der Waals surface area contributed by atoms with E-state index in [1.165, 1.54) is 12.1 Å². The second-order valence-electron chi connectivity index (χ2n) is 7.05. The number of halogens is 2. The standard InChI is InChI=1S/C24H17ClFN5/c25-14-15-3-9-18(10-4-15)31-23(19-2-1-13-28-22(19)27)30-21-12-11-20(29-24(21)31)16-5-7-17(26)8-6-16/h1-13H,14H2,(H2,27,28). The normalized spacial score (nSPS) is 11.2. The molecule has 31 heavy (non-hydrogen) atoms. The lowest BCUT2D eigenvalue weighted by molar-refractivity contribution is 0.628. The van der Waals surface area contributed by atoms with Gasteiger partial charge >= 0.3 is 0 Å². The van der Waals surface area contributed by atoms with Gasteiger partial charge in [0, 0.05) is 23.3 Å². The first-order chi connectivity index (χ1) is 15.1. The number of aromatic nitrogens is 4. The quantitative estimate of drug-likeness (QED) is 0.377. The van der Waals surface area contributed by atoms with E-state index in [1.807, 2.05) is 53.1 Å². The molecular formula is C24H17ClFN5. The van der Waals surface area contributed by atoms with Crippen molar-refractivity contribution >= 4 is 28.6 Å². The summed E-state index contributed by atoms with van der Waals surface area (Å²) in [5.41, 5.74) is 11.7. The molecule has 5 nitrogen and oxygen atoms in total. The van der Waals surface area contributed by atoms with E-state index in [-0.39, 0.29) is 5.82 Å². The topological polar surface area (TPSA) is 69.6 Å². The van der Waals surface area contributed by atoms with Gasteiger partial charge < -0.3 is 5.73 Å². The molecule has 5 aromatic rings. The Morgan fingerprint density at radius 2 is 1.68 bits per heavy atom. The molecule has 2 aromatic carbocycles. The molecule has 0 fully saturated rings. The summed E-state index contributed by atoms with van der Waals surface area (Å²) in [7, 11) is 0. The zero-order valence-corrected chi connectivity index (χ0v) is 17.1. The molecule has 2 N–H and O–H groups in total. The lowest BCUT2D eigenvalue weighted by Gasteiger charge is -2.11. The van der Waals surface area contributed by atoms with Crippen LogP contribution in [0.3, 0.4) is 0 Å². The minimum atomic E-state index is -0.288. The second-order valence-corrected chi connectivity index (χ2v) is 7.32. The lowest BCUT2D eigenvalue weighted by atomic mass is 10.1. The Balaban J connectivity index is 1.77. The van der Waals surface area contributed by atoms with Crippen molar-refractivity contribution in [3.05, 3.63) is 90.4 Å². The molecule has 3 aromatic heterocycles. The van der Waals surface area contributed by atoms with Crippen molar-refractivity contribution < 1.29 is 4.39 Å². The van der Waals surface area contributed by atoms with Crippen LogP contribution >= 0.6 is 11.6 Å². The van der Waals surface area contributed by atoms with Gasteiger partial charge in [-0.2, -0.15) is 0 Å². The molecule has 5 rings (SSSR count). The number of nitrogens with zero attached hydrogens (tertiary/aromatic N) is 4. The van der Waals surface area contributed by atoms with Crippen molar-refractivity contribution in [1.29, 1.82) is 0 Å². The smallest absolute Gasteiger partial charge is 0.165 e. The predicted molar refractivity (Wildman–Crippen MR) is 121 cm³/mol. The number of benzene rings is 2. The fourth-order valence-electron chi connectivity index (χ4n) is 3.50. The van der Waals surface area contributed by atoms with Crippen molar-refractivity contribution in [1.82, 2.24) is 19.5 Å². The van der Waals surface area contributed by atoms with Gasteiger partial charge in [-0.3, -0.25) is 4.57 Å². The van der Waals surface area contributed by atoms with Gasteiger partial charge in [-0.25, -0.2) is 19.3 Å². The molecule has 0 saturated carbocycles. The number of rotatable bonds is 4. The van der Waals surface area contributed by atoms with Gasteiger partial charge in [-0.05, 0) is 66.2 Å². The number of alkyl halides is 1. The van der Waals surface area contributed by atoms with Crippen LogP contribution in [0.15, 0.2) is 79.0 Å². The van der Waals surface area contributed by atoms with Crippen LogP contribution in [0.2, 0.25) is 0 Å². The summed E-state index contributed by atoms with van der Waals surface area (Å²) in [4.78, 5) is 13.9.